The molecule has 0 amide bonds. The topological polar surface area (TPSA) is 40.2 Å². The van der Waals surface area contributed by atoms with Crippen molar-refractivity contribution in [1.29, 1.82) is 0 Å². The van der Waals surface area contributed by atoms with Crippen LogP contribution in [-0.2, 0) is 16.0 Å². The van der Waals surface area contributed by atoms with Crippen molar-refractivity contribution in [2.24, 2.45) is 0 Å². The normalized spacial score (nSPS) is 30.4. The molecule has 1 aromatic rings. The molecule has 5 heteroatoms. The molecule has 142 valence electrons. The predicted octanol–water partition coefficient (Wildman–Crippen LogP) is 3.17. The number of hydrogen-bond acceptors (Lipinski definition) is 5. The number of rotatable bonds is 6. The molecule has 3 heterocycles. The van der Waals surface area contributed by atoms with Crippen LogP contribution in [0.4, 0.5) is 0 Å². The highest BCUT2D eigenvalue weighted by Crippen LogP contribution is 2.50. The number of fused-ring (bicyclic) bond motifs is 3. The van der Waals surface area contributed by atoms with Gasteiger partial charge in [0.25, 0.3) is 0 Å². The van der Waals surface area contributed by atoms with Crippen molar-refractivity contribution in [3.05, 3.63) is 60.2 Å². The summed E-state index contributed by atoms with van der Waals surface area (Å²) in [6, 6.07) is 4.68. The van der Waals surface area contributed by atoms with Crippen LogP contribution in [0.5, 0.6) is 11.5 Å². The summed E-state index contributed by atoms with van der Waals surface area (Å²) in [7, 11) is 0. The molecular weight excluding hydrogens is 342 g/mol. The molecule has 1 aliphatic carbocycles. The highest BCUT2D eigenvalue weighted by Gasteiger charge is 2.50. The van der Waals surface area contributed by atoms with Gasteiger partial charge in [0, 0.05) is 25.0 Å². The van der Waals surface area contributed by atoms with Gasteiger partial charge in [-0.3, -0.25) is 4.90 Å². The van der Waals surface area contributed by atoms with E-state index in [0.29, 0.717) is 26.0 Å². The lowest BCUT2D eigenvalue weighted by Gasteiger charge is -2.46. The molecule has 0 N–H and O–H groups in total. The lowest BCUT2D eigenvalue weighted by molar-refractivity contribution is -0.0672. The first-order chi connectivity index (χ1) is 13.3. The molecule has 4 aliphatic rings. The lowest BCUT2D eigenvalue weighted by Crippen LogP contribution is -2.51. The quantitative estimate of drug-likeness (QED) is 0.723. The van der Waals surface area contributed by atoms with Crippen molar-refractivity contribution in [2.45, 2.75) is 37.1 Å². The van der Waals surface area contributed by atoms with Gasteiger partial charge in [0.15, 0.2) is 11.5 Å². The van der Waals surface area contributed by atoms with Crippen LogP contribution in [0.2, 0.25) is 0 Å². The van der Waals surface area contributed by atoms with Gasteiger partial charge in [0.2, 0.25) is 6.79 Å². The van der Waals surface area contributed by atoms with Crippen molar-refractivity contribution in [3.63, 3.8) is 0 Å². The van der Waals surface area contributed by atoms with Gasteiger partial charge in [-0.05, 0) is 29.7 Å². The van der Waals surface area contributed by atoms with Gasteiger partial charge in [-0.15, -0.1) is 13.2 Å². The molecule has 0 bridgehead atoms. The predicted molar refractivity (Wildman–Crippen MR) is 102 cm³/mol. The fourth-order valence-corrected chi connectivity index (χ4v) is 5.01. The van der Waals surface area contributed by atoms with E-state index in [0.717, 1.165) is 31.0 Å². The molecule has 3 aliphatic heterocycles. The molecule has 0 unspecified atom stereocenters. The SMILES string of the molecule is C=CCO[C@H]1[C@H]2c3cc4c(cc3CN3CCC(=C[C@@H]1OCC=C)[C@H]23)OCO4. The summed E-state index contributed by atoms with van der Waals surface area (Å²) in [5.74, 6) is 1.89. The molecular formula is C22H25NO4. The van der Waals surface area contributed by atoms with E-state index < -0.39 is 0 Å². The summed E-state index contributed by atoms with van der Waals surface area (Å²) in [6.07, 6.45) is 6.82. The number of nitrogens with zero attached hydrogens (tertiary/aromatic N) is 1. The molecule has 0 spiro atoms. The highest BCUT2D eigenvalue weighted by atomic mass is 16.7. The van der Waals surface area contributed by atoms with Gasteiger partial charge in [0.1, 0.15) is 6.10 Å². The molecule has 5 rings (SSSR count). The third-order valence-corrected chi connectivity index (χ3v) is 6.04. The van der Waals surface area contributed by atoms with Gasteiger partial charge in [-0.2, -0.15) is 0 Å². The Morgan fingerprint density at radius 2 is 1.89 bits per heavy atom. The number of ether oxygens (including phenoxy) is 4. The average molecular weight is 367 g/mol. The molecule has 1 fully saturated rings. The Morgan fingerprint density at radius 1 is 1.11 bits per heavy atom. The summed E-state index contributed by atoms with van der Waals surface area (Å²) in [6.45, 7) is 10.9. The largest absolute Gasteiger partial charge is 0.454 e. The Labute approximate surface area is 159 Å². The second-order valence-electron chi connectivity index (χ2n) is 7.51. The molecule has 5 nitrogen and oxygen atoms in total. The zero-order chi connectivity index (χ0) is 18.4. The summed E-state index contributed by atoms with van der Waals surface area (Å²) < 4.78 is 23.7. The maximum absolute atomic E-state index is 6.29. The second kappa shape index (κ2) is 6.82. The van der Waals surface area contributed by atoms with Gasteiger partial charge in [-0.1, -0.05) is 23.8 Å². The summed E-state index contributed by atoms with van der Waals surface area (Å²) in [5, 5.41) is 0. The minimum absolute atomic E-state index is 0.0725. The minimum atomic E-state index is -0.0875. The molecule has 27 heavy (non-hydrogen) atoms. The van der Waals surface area contributed by atoms with Gasteiger partial charge >= 0.3 is 0 Å². The van der Waals surface area contributed by atoms with E-state index in [1.807, 2.05) is 0 Å². The highest BCUT2D eigenvalue weighted by molar-refractivity contribution is 5.53. The van der Waals surface area contributed by atoms with Crippen LogP contribution < -0.4 is 9.47 Å². The Kier molecular flexibility index (Phi) is 4.31. The van der Waals surface area contributed by atoms with Crippen molar-refractivity contribution < 1.29 is 18.9 Å². The maximum Gasteiger partial charge on any atom is 0.231 e. The summed E-state index contributed by atoms with van der Waals surface area (Å²) >= 11 is 0. The van der Waals surface area contributed by atoms with Crippen LogP contribution in [0, 0.1) is 0 Å². The molecule has 4 atom stereocenters. The number of hydrogen-bond donors (Lipinski definition) is 0. The molecule has 0 aromatic heterocycles. The first-order valence-electron chi connectivity index (χ1n) is 9.62. The molecule has 1 aromatic carbocycles. The fraction of sp³-hybridized carbons (Fsp3) is 0.455. The first kappa shape index (κ1) is 17.0. The zero-order valence-electron chi connectivity index (χ0n) is 15.4. The van der Waals surface area contributed by atoms with E-state index in [9.17, 15) is 0 Å². The maximum atomic E-state index is 6.29. The number of benzene rings is 1. The van der Waals surface area contributed by atoms with Crippen molar-refractivity contribution in [1.82, 2.24) is 4.90 Å². The molecule has 1 saturated heterocycles. The van der Waals surface area contributed by atoms with Gasteiger partial charge in [-0.25, -0.2) is 0 Å². The summed E-state index contributed by atoms with van der Waals surface area (Å²) in [4.78, 5) is 2.56. The fourth-order valence-electron chi connectivity index (χ4n) is 5.01. The van der Waals surface area contributed by atoms with Crippen molar-refractivity contribution in [3.8, 4) is 11.5 Å². The van der Waals surface area contributed by atoms with E-state index in [2.05, 4.69) is 36.3 Å². The van der Waals surface area contributed by atoms with E-state index in [4.69, 9.17) is 18.9 Å². The second-order valence-corrected chi connectivity index (χ2v) is 7.51. The van der Waals surface area contributed by atoms with Crippen molar-refractivity contribution >= 4 is 0 Å². The van der Waals surface area contributed by atoms with Crippen LogP contribution >= 0.6 is 0 Å². The molecule has 0 saturated carbocycles. The Balaban J connectivity index is 1.60. The Hall–Kier alpha value is -2.08. The zero-order valence-corrected chi connectivity index (χ0v) is 15.4. The van der Waals surface area contributed by atoms with Crippen LogP contribution in [0.15, 0.2) is 49.1 Å². The van der Waals surface area contributed by atoms with Crippen LogP contribution in [0.25, 0.3) is 0 Å². The third kappa shape index (κ3) is 2.73. The van der Waals surface area contributed by atoms with Gasteiger partial charge < -0.3 is 18.9 Å². The van der Waals surface area contributed by atoms with E-state index >= 15 is 0 Å². The Morgan fingerprint density at radius 3 is 2.70 bits per heavy atom. The Bertz CT molecular complexity index is 802. The van der Waals surface area contributed by atoms with Crippen LogP contribution in [-0.4, -0.2) is 49.7 Å². The third-order valence-electron chi connectivity index (χ3n) is 6.04. The summed E-state index contributed by atoms with van der Waals surface area (Å²) in [5.41, 5.74) is 4.07. The van der Waals surface area contributed by atoms with Gasteiger partial charge in [0.05, 0.1) is 19.3 Å². The van der Waals surface area contributed by atoms with Crippen molar-refractivity contribution in [2.75, 3.05) is 26.6 Å². The minimum Gasteiger partial charge on any atom is -0.454 e. The smallest absolute Gasteiger partial charge is 0.231 e. The monoisotopic (exact) mass is 367 g/mol. The average Bonchev–Trinajstić information content (AvgIpc) is 3.30. The van der Waals surface area contributed by atoms with Crippen LogP contribution in [0.3, 0.4) is 0 Å². The van der Waals surface area contributed by atoms with E-state index in [1.165, 1.54) is 16.7 Å². The van der Waals surface area contributed by atoms with Crippen LogP contribution in [0.1, 0.15) is 23.5 Å². The first-order valence-corrected chi connectivity index (χ1v) is 9.62. The standard InChI is InChI=1S/C22H25NO4/c1-3-7-24-19-9-14-5-6-23-12-15-10-17-18(27-13-26-17)11-16(15)20(21(14)23)22(19)25-8-4-2/h3-4,9-11,19-22H,1-2,5-8,12-13H2/t19-,20-,21+,22+/m0/s1. The lowest BCUT2D eigenvalue weighted by atomic mass is 9.73. The van der Waals surface area contributed by atoms with E-state index in [-0.39, 0.29) is 18.1 Å². The molecule has 0 radical (unpaired) electrons. The van der Waals surface area contributed by atoms with E-state index in [1.54, 1.807) is 12.2 Å².